The lowest BCUT2D eigenvalue weighted by Crippen LogP contribution is -2.34. The summed E-state index contributed by atoms with van der Waals surface area (Å²) in [6.45, 7) is 8.00. The number of fused-ring (bicyclic) bond motifs is 1. The van der Waals surface area contributed by atoms with Gasteiger partial charge in [0.1, 0.15) is 5.76 Å². The average molecular weight is 283 g/mol. The Bertz CT molecular complexity index is 734. The number of nitrogens with one attached hydrogen (secondary N) is 1. The van der Waals surface area contributed by atoms with E-state index >= 15 is 0 Å². The molecule has 1 N–H and O–H groups in total. The summed E-state index contributed by atoms with van der Waals surface area (Å²) in [7, 11) is 0. The molecule has 2 aromatic heterocycles. The lowest BCUT2D eigenvalue weighted by molar-refractivity contribution is 0.422. The summed E-state index contributed by atoms with van der Waals surface area (Å²) in [5, 5.41) is 3.46. The van der Waals surface area contributed by atoms with Crippen molar-refractivity contribution >= 4 is 11.0 Å². The minimum absolute atomic E-state index is 0.109. The lowest BCUT2D eigenvalue weighted by atomic mass is 10.1. The first kappa shape index (κ1) is 13.9. The first-order chi connectivity index (χ1) is 10.0. The van der Waals surface area contributed by atoms with Gasteiger partial charge < -0.3 is 14.3 Å². The van der Waals surface area contributed by atoms with Crippen molar-refractivity contribution in [3.63, 3.8) is 0 Å². The predicted octanol–water partition coefficient (Wildman–Crippen LogP) is 3.57. The third-order valence-corrected chi connectivity index (χ3v) is 3.38. The van der Waals surface area contributed by atoms with Gasteiger partial charge in [-0.15, -0.1) is 0 Å². The molecule has 0 saturated heterocycles. The highest BCUT2D eigenvalue weighted by atomic mass is 16.3. The minimum atomic E-state index is 0.109. The van der Waals surface area contributed by atoms with Crippen molar-refractivity contribution in [3.8, 4) is 0 Å². The summed E-state index contributed by atoms with van der Waals surface area (Å²) in [5.74, 6) is 0.948. The molecule has 0 aliphatic heterocycles. The van der Waals surface area contributed by atoms with Gasteiger partial charge in [0.25, 0.3) is 0 Å². The Balaban J connectivity index is 1.72. The summed E-state index contributed by atoms with van der Waals surface area (Å²) in [6, 6.07) is 10.2. The third kappa shape index (κ3) is 3.34. The number of hydrogen-bond acceptors (Lipinski definition) is 3. The van der Waals surface area contributed by atoms with Crippen molar-refractivity contribution in [2.75, 3.05) is 0 Å². The molecular formula is C17H21N3O. The zero-order chi connectivity index (χ0) is 14.9. The van der Waals surface area contributed by atoms with E-state index in [2.05, 4.69) is 47.8 Å². The molecule has 3 aromatic rings. The van der Waals surface area contributed by atoms with Crippen LogP contribution in [0, 0.1) is 0 Å². The molecule has 0 unspecified atom stereocenters. The fourth-order valence-electron chi connectivity index (χ4n) is 2.27. The molecule has 21 heavy (non-hydrogen) atoms. The number of imidazole rings is 1. The molecule has 4 nitrogen and oxygen atoms in total. The SMILES string of the molecule is CC(C)(C)NCc1coc(Cn2cnc3ccccc32)c1. The fraction of sp³-hybridized carbons (Fsp3) is 0.353. The maximum atomic E-state index is 5.66. The van der Waals surface area contributed by atoms with E-state index in [-0.39, 0.29) is 5.54 Å². The maximum absolute atomic E-state index is 5.66. The normalized spacial score (nSPS) is 12.1. The van der Waals surface area contributed by atoms with Gasteiger partial charge in [0, 0.05) is 17.6 Å². The third-order valence-electron chi connectivity index (χ3n) is 3.38. The van der Waals surface area contributed by atoms with Crippen molar-refractivity contribution in [2.45, 2.75) is 39.4 Å². The summed E-state index contributed by atoms with van der Waals surface area (Å²) >= 11 is 0. The van der Waals surface area contributed by atoms with Crippen LogP contribution in [0.15, 0.2) is 47.3 Å². The molecule has 4 heteroatoms. The van der Waals surface area contributed by atoms with E-state index in [1.54, 1.807) is 0 Å². The smallest absolute Gasteiger partial charge is 0.123 e. The van der Waals surface area contributed by atoms with E-state index in [1.807, 2.05) is 30.8 Å². The van der Waals surface area contributed by atoms with Gasteiger partial charge in [0.05, 0.1) is 30.2 Å². The maximum Gasteiger partial charge on any atom is 0.123 e. The van der Waals surface area contributed by atoms with Crippen LogP contribution in [0.2, 0.25) is 0 Å². The molecule has 0 aliphatic rings. The number of nitrogens with zero attached hydrogens (tertiary/aromatic N) is 2. The van der Waals surface area contributed by atoms with Gasteiger partial charge in [-0.1, -0.05) is 12.1 Å². The van der Waals surface area contributed by atoms with Gasteiger partial charge >= 0.3 is 0 Å². The Hall–Kier alpha value is -2.07. The molecule has 3 rings (SSSR count). The van der Waals surface area contributed by atoms with E-state index in [4.69, 9.17) is 4.42 Å². The minimum Gasteiger partial charge on any atom is -0.467 e. The Kier molecular flexibility index (Phi) is 3.55. The summed E-state index contributed by atoms with van der Waals surface area (Å²) in [4.78, 5) is 4.40. The summed E-state index contributed by atoms with van der Waals surface area (Å²) < 4.78 is 7.77. The molecule has 0 spiro atoms. The number of aromatic nitrogens is 2. The topological polar surface area (TPSA) is 43.0 Å². The van der Waals surface area contributed by atoms with Crippen molar-refractivity contribution in [1.29, 1.82) is 0 Å². The van der Waals surface area contributed by atoms with Crippen LogP contribution in [-0.4, -0.2) is 15.1 Å². The van der Waals surface area contributed by atoms with Crippen molar-refractivity contribution < 1.29 is 4.42 Å². The molecule has 1 aromatic carbocycles. The Morgan fingerprint density at radius 3 is 2.86 bits per heavy atom. The molecule has 0 atom stereocenters. The van der Waals surface area contributed by atoms with Crippen LogP contribution in [0.1, 0.15) is 32.1 Å². The van der Waals surface area contributed by atoms with Crippen molar-refractivity contribution in [1.82, 2.24) is 14.9 Å². The first-order valence-electron chi connectivity index (χ1n) is 7.22. The second-order valence-electron chi connectivity index (χ2n) is 6.39. The molecule has 0 radical (unpaired) electrons. The van der Waals surface area contributed by atoms with Gasteiger partial charge in [-0.3, -0.25) is 0 Å². The quantitative estimate of drug-likeness (QED) is 0.796. The second kappa shape index (κ2) is 5.37. The molecule has 0 fully saturated rings. The molecule has 2 heterocycles. The predicted molar refractivity (Wildman–Crippen MR) is 84.1 cm³/mol. The number of para-hydroxylation sites is 2. The molecule has 110 valence electrons. The lowest BCUT2D eigenvalue weighted by Gasteiger charge is -2.19. The van der Waals surface area contributed by atoms with Gasteiger partial charge in [-0.25, -0.2) is 4.98 Å². The number of benzene rings is 1. The van der Waals surface area contributed by atoms with E-state index < -0.39 is 0 Å². The highest BCUT2D eigenvalue weighted by Crippen LogP contribution is 2.16. The summed E-state index contributed by atoms with van der Waals surface area (Å²) in [6.07, 6.45) is 3.69. The van der Waals surface area contributed by atoms with Gasteiger partial charge in [0.15, 0.2) is 0 Å². The highest BCUT2D eigenvalue weighted by molar-refractivity contribution is 5.74. The second-order valence-corrected chi connectivity index (χ2v) is 6.39. The molecule has 0 aliphatic carbocycles. The Morgan fingerprint density at radius 1 is 1.24 bits per heavy atom. The Morgan fingerprint density at radius 2 is 2.05 bits per heavy atom. The zero-order valence-corrected chi connectivity index (χ0v) is 12.8. The highest BCUT2D eigenvalue weighted by Gasteiger charge is 2.10. The standard InChI is InChI=1S/C17H21N3O/c1-17(2,3)19-9-13-8-14(21-11-13)10-20-12-18-15-6-4-5-7-16(15)20/h4-8,11-12,19H,9-10H2,1-3H3. The van der Waals surface area contributed by atoms with Crippen molar-refractivity contribution in [2.24, 2.45) is 0 Å². The van der Waals surface area contributed by atoms with Crippen LogP contribution in [0.25, 0.3) is 11.0 Å². The molecular weight excluding hydrogens is 262 g/mol. The van der Waals surface area contributed by atoms with Crippen LogP contribution in [0.4, 0.5) is 0 Å². The Labute approximate surface area is 124 Å². The number of furan rings is 1. The van der Waals surface area contributed by atoms with Crippen LogP contribution in [-0.2, 0) is 13.1 Å². The average Bonchev–Trinajstić information content (AvgIpc) is 3.04. The van der Waals surface area contributed by atoms with Crippen LogP contribution in [0.3, 0.4) is 0 Å². The van der Waals surface area contributed by atoms with Gasteiger partial charge in [-0.05, 0) is 39.0 Å². The van der Waals surface area contributed by atoms with Crippen LogP contribution >= 0.6 is 0 Å². The van der Waals surface area contributed by atoms with Gasteiger partial charge in [-0.2, -0.15) is 0 Å². The molecule has 0 bridgehead atoms. The van der Waals surface area contributed by atoms with Gasteiger partial charge in [0.2, 0.25) is 0 Å². The first-order valence-corrected chi connectivity index (χ1v) is 7.22. The van der Waals surface area contributed by atoms with E-state index in [1.165, 1.54) is 5.56 Å². The number of hydrogen-bond donors (Lipinski definition) is 1. The fourth-order valence-corrected chi connectivity index (χ4v) is 2.27. The van der Waals surface area contributed by atoms with E-state index in [9.17, 15) is 0 Å². The van der Waals surface area contributed by atoms with E-state index in [0.717, 1.165) is 23.3 Å². The van der Waals surface area contributed by atoms with Crippen molar-refractivity contribution in [3.05, 3.63) is 54.2 Å². The number of rotatable bonds is 4. The molecule has 0 saturated carbocycles. The van der Waals surface area contributed by atoms with Crippen LogP contribution < -0.4 is 5.32 Å². The van der Waals surface area contributed by atoms with Crippen LogP contribution in [0.5, 0.6) is 0 Å². The summed E-state index contributed by atoms with van der Waals surface area (Å²) in [5.41, 5.74) is 3.42. The largest absolute Gasteiger partial charge is 0.467 e. The molecule has 0 amide bonds. The zero-order valence-electron chi connectivity index (χ0n) is 12.8. The van der Waals surface area contributed by atoms with E-state index in [0.29, 0.717) is 6.54 Å². The monoisotopic (exact) mass is 283 g/mol.